The first-order valence-corrected chi connectivity index (χ1v) is 5.32. The Morgan fingerprint density at radius 3 is 2.47 bits per heavy atom. The molecule has 0 fully saturated rings. The second-order valence-corrected chi connectivity index (χ2v) is 4.12. The van der Waals surface area contributed by atoms with Crippen LogP contribution in [0.15, 0.2) is 18.2 Å². The Morgan fingerprint density at radius 2 is 2.00 bits per heavy atom. The van der Waals surface area contributed by atoms with Crippen LogP contribution in [-0.2, 0) is 4.79 Å². The zero-order chi connectivity index (χ0) is 13.2. The summed E-state index contributed by atoms with van der Waals surface area (Å²) >= 11 is 2.91. The molecule has 1 aromatic carbocycles. The van der Waals surface area contributed by atoms with E-state index in [4.69, 9.17) is 0 Å². The maximum Gasteiger partial charge on any atom is 0.573 e. The van der Waals surface area contributed by atoms with E-state index in [1.165, 1.54) is 6.92 Å². The van der Waals surface area contributed by atoms with Crippen molar-refractivity contribution < 1.29 is 27.1 Å². The molecule has 0 N–H and O–H groups in total. The molecule has 94 valence electrons. The summed E-state index contributed by atoms with van der Waals surface area (Å²) in [6, 6.07) is 2.60. The Hall–Kier alpha value is -1.11. The lowest BCUT2D eigenvalue weighted by Gasteiger charge is -2.15. The van der Waals surface area contributed by atoms with Gasteiger partial charge in [0.25, 0.3) is 0 Å². The van der Waals surface area contributed by atoms with Crippen LogP contribution in [0.1, 0.15) is 17.3 Å². The third kappa shape index (κ3) is 3.99. The molecule has 1 unspecified atom stereocenters. The van der Waals surface area contributed by atoms with Gasteiger partial charge in [-0.05, 0) is 13.0 Å². The Morgan fingerprint density at radius 1 is 1.41 bits per heavy atom. The molecule has 1 aromatic rings. The highest BCUT2D eigenvalue weighted by molar-refractivity contribution is 9.09. The molecular weight excluding hydrogens is 308 g/mol. The summed E-state index contributed by atoms with van der Waals surface area (Å²) in [5.41, 5.74) is -0.0729. The van der Waals surface area contributed by atoms with E-state index in [-0.39, 0.29) is 5.56 Å². The molecule has 0 saturated heterocycles. The van der Waals surface area contributed by atoms with Crippen molar-refractivity contribution in [1.29, 1.82) is 0 Å². The molecule has 0 saturated carbocycles. The van der Waals surface area contributed by atoms with Gasteiger partial charge in [0.1, 0.15) is 22.2 Å². The molecule has 0 aromatic heterocycles. The van der Waals surface area contributed by atoms with Gasteiger partial charge < -0.3 is 4.74 Å². The van der Waals surface area contributed by atoms with Crippen LogP contribution >= 0.6 is 15.9 Å². The minimum atomic E-state index is -4.94. The number of carbonyl (C=O) groups excluding carboxylic acids is 1. The van der Waals surface area contributed by atoms with Crippen molar-refractivity contribution in [2.45, 2.75) is 18.1 Å². The third-order valence-electron chi connectivity index (χ3n) is 1.83. The van der Waals surface area contributed by atoms with E-state index >= 15 is 0 Å². The van der Waals surface area contributed by atoms with E-state index in [2.05, 4.69) is 20.7 Å². The molecule has 17 heavy (non-hydrogen) atoms. The smallest absolute Gasteiger partial charge is 0.405 e. The lowest BCUT2D eigenvalue weighted by Crippen LogP contribution is -2.19. The summed E-state index contributed by atoms with van der Waals surface area (Å²) in [5.74, 6) is -2.02. The van der Waals surface area contributed by atoms with Crippen molar-refractivity contribution in [1.82, 2.24) is 0 Å². The lowest BCUT2D eigenvalue weighted by atomic mass is 10.1. The minimum Gasteiger partial charge on any atom is -0.405 e. The molecule has 0 heterocycles. The van der Waals surface area contributed by atoms with E-state index < -0.39 is 28.5 Å². The highest BCUT2D eigenvalue weighted by Gasteiger charge is 2.33. The number of rotatable bonds is 3. The second kappa shape index (κ2) is 5.03. The van der Waals surface area contributed by atoms with Crippen molar-refractivity contribution >= 4 is 21.7 Å². The van der Waals surface area contributed by atoms with Crippen molar-refractivity contribution in [3.63, 3.8) is 0 Å². The summed E-state index contributed by atoms with van der Waals surface area (Å²) in [6.45, 7) is 1.19. The first-order chi connectivity index (χ1) is 7.70. The maximum atomic E-state index is 12.8. The summed E-state index contributed by atoms with van der Waals surface area (Å²) in [7, 11) is 0. The number of alkyl halides is 4. The van der Waals surface area contributed by atoms with E-state index in [0.717, 1.165) is 12.1 Å². The van der Waals surface area contributed by atoms with E-state index in [1.807, 2.05) is 0 Å². The minimum absolute atomic E-state index is 0.0729. The molecule has 0 aliphatic carbocycles. The van der Waals surface area contributed by atoms with Gasteiger partial charge >= 0.3 is 6.36 Å². The summed E-state index contributed by atoms with van der Waals surface area (Å²) in [4.78, 5) is 10.1. The number of ketones is 1. The normalized spacial score (nSPS) is 13.3. The number of Topliss-reactive ketones (excluding diaryl/α,β-unsaturated/α-hetero) is 1. The summed E-state index contributed by atoms with van der Waals surface area (Å²) in [6.07, 6.45) is -4.94. The molecular formula is C10H7BrF4O2. The molecule has 1 rings (SSSR count). The van der Waals surface area contributed by atoms with Gasteiger partial charge in [-0.15, -0.1) is 13.2 Å². The Kier molecular flexibility index (Phi) is 4.13. The highest BCUT2D eigenvalue weighted by atomic mass is 79.9. The second-order valence-electron chi connectivity index (χ2n) is 3.20. The molecule has 0 aliphatic heterocycles. The van der Waals surface area contributed by atoms with Crippen molar-refractivity contribution in [2.75, 3.05) is 0 Å². The van der Waals surface area contributed by atoms with Crippen LogP contribution in [0.3, 0.4) is 0 Å². The Labute approximate surface area is 103 Å². The summed E-state index contributed by atoms with van der Waals surface area (Å²) in [5, 5.41) is 0. The van der Waals surface area contributed by atoms with Crippen molar-refractivity contribution in [3.05, 3.63) is 29.6 Å². The van der Waals surface area contributed by atoms with Gasteiger partial charge in [0.15, 0.2) is 0 Å². The first kappa shape index (κ1) is 14.0. The zero-order valence-electron chi connectivity index (χ0n) is 8.52. The topological polar surface area (TPSA) is 26.3 Å². The molecule has 7 heteroatoms. The van der Waals surface area contributed by atoms with Crippen molar-refractivity contribution in [3.8, 4) is 5.75 Å². The predicted octanol–water partition coefficient (Wildman–Crippen LogP) is 3.75. The van der Waals surface area contributed by atoms with Gasteiger partial charge in [-0.3, -0.25) is 4.79 Å². The quantitative estimate of drug-likeness (QED) is 0.627. The lowest BCUT2D eigenvalue weighted by molar-refractivity contribution is -0.275. The molecule has 0 amide bonds. The van der Waals surface area contributed by atoms with Gasteiger partial charge in [-0.25, -0.2) is 4.39 Å². The molecule has 0 aliphatic rings. The number of hydrogen-bond acceptors (Lipinski definition) is 2. The number of halogens is 5. The van der Waals surface area contributed by atoms with Crippen LogP contribution < -0.4 is 4.74 Å². The van der Waals surface area contributed by atoms with Crippen LogP contribution in [0.4, 0.5) is 17.6 Å². The highest BCUT2D eigenvalue weighted by Crippen LogP contribution is 2.35. The molecule has 0 radical (unpaired) electrons. The third-order valence-corrected chi connectivity index (χ3v) is 2.97. The van der Waals surface area contributed by atoms with Crippen LogP contribution in [0.2, 0.25) is 0 Å². The van der Waals surface area contributed by atoms with Gasteiger partial charge in [0, 0.05) is 11.6 Å². The monoisotopic (exact) mass is 314 g/mol. The molecule has 1 atom stereocenters. The van der Waals surface area contributed by atoms with E-state index in [1.54, 1.807) is 0 Å². The Bertz CT molecular complexity index is 431. The average molecular weight is 315 g/mol. The fraction of sp³-hybridized carbons (Fsp3) is 0.300. The first-order valence-electron chi connectivity index (χ1n) is 4.40. The van der Waals surface area contributed by atoms with Crippen LogP contribution in [0, 0.1) is 5.82 Å². The van der Waals surface area contributed by atoms with Gasteiger partial charge in [-0.2, -0.15) is 0 Å². The number of benzene rings is 1. The molecule has 2 nitrogen and oxygen atoms in total. The fourth-order valence-electron chi connectivity index (χ4n) is 1.15. The van der Waals surface area contributed by atoms with Crippen LogP contribution in [-0.4, -0.2) is 12.1 Å². The zero-order valence-corrected chi connectivity index (χ0v) is 10.1. The number of ether oxygens (including phenoxy) is 1. The summed E-state index contributed by atoms with van der Waals surface area (Å²) < 4.78 is 52.7. The number of carbonyl (C=O) groups is 1. The fourth-order valence-corrected chi connectivity index (χ4v) is 1.53. The van der Waals surface area contributed by atoms with Crippen molar-refractivity contribution in [2.24, 2.45) is 0 Å². The van der Waals surface area contributed by atoms with Gasteiger partial charge in [0.2, 0.25) is 0 Å². The van der Waals surface area contributed by atoms with Crippen LogP contribution in [0.5, 0.6) is 5.75 Å². The standard InChI is InChI=1S/C10H7BrF4O2/c1-5(16)9(11)7-3-2-6(12)4-8(7)17-10(13,14)15/h2-4,9H,1H3. The van der Waals surface area contributed by atoms with E-state index in [0.29, 0.717) is 6.07 Å². The van der Waals surface area contributed by atoms with Gasteiger partial charge in [0.05, 0.1) is 0 Å². The average Bonchev–Trinajstić information content (AvgIpc) is 2.14. The van der Waals surface area contributed by atoms with E-state index in [9.17, 15) is 22.4 Å². The maximum absolute atomic E-state index is 12.8. The molecule has 0 bridgehead atoms. The van der Waals surface area contributed by atoms with Gasteiger partial charge in [-0.1, -0.05) is 22.0 Å². The predicted molar refractivity (Wildman–Crippen MR) is 55.4 cm³/mol. The largest absolute Gasteiger partial charge is 0.573 e. The SMILES string of the molecule is CC(=O)C(Br)c1ccc(F)cc1OC(F)(F)F. The van der Waals surface area contributed by atoms with Crippen LogP contribution in [0.25, 0.3) is 0 Å². The Balaban J connectivity index is 3.17. The molecule has 0 spiro atoms. The number of hydrogen-bond donors (Lipinski definition) is 0.